The topological polar surface area (TPSA) is 67.2 Å². The Morgan fingerprint density at radius 1 is 1.00 bits per heavy atom. The minimum absolute atomic E-state index is 0.0274. The van der Waals surface area contributed by atoms with Crippen molar-refractivity contribution in [3.8, 4) is 5.69 Å². The van der Waals surface area contributed by atoms with Gasteiger partial charge in [0.1, 0.15) is 5.02 Å². The van der Waals surface area contributed by atoms with Crippen molar-refractivity contribution in [2.75, 3.05) is 23.3 Å². The van der Waals surface area contributed by atoms with E-state index in [1.54, 1.807) is 18.3 Å². The quantitative estimate of drug-likeness (QED) is 0.714. The van der Waals surface area contributed by atoms with E-state index in [9.17, 15) is 9.59 Å². The molecule has 1 aliphatic rings. The number of para-hydroxylation sites is 2. The van der Waals surface area contributed by atoms with E-state index in [4.69, 9.17) is 11.6 Å². The summed E-state index contributed by atoms with van der Waals surface area (Å²) in [6, 6.07) is 18.6. The van der Waals surface area contributed by atoms with E-state index in [0.29, 0.717) is 37.3 Å². The number of anilines is 2. The molecular weight excluding hydrogens is 388 g/mol. The average molecular weight is 409 g/mol. The van der Waals surface area contributed by atoms with Gasteiger partial charge in [-0.15, -0.1) is 0 Å². The molecule has 0 aliphatic carbocycles. The lowest BCUT2D eigenvalue weighted by molar-refractivity contribution is -0.120. The first-order chi connectivity index (χ1) is 14.1. The molecule has 4 rings (SSSR count). The first-order valence-corrected chi connectivity index (χ1v) is 9.95. The molecule has 1 fully saturated rings. The standard InChI is InChI=1S/C22H21ClN4O2/c23-20-19(15-24-27(22(20)29)18-9-5-2-6-10-18)26-13-11-16(12-14-26)21(28)25-17-7-3-1-4-8-17/h1-10,15-16H,11-14H2,(H,25,28). The van der Waals surface area contributed by atoms with Crippen LogP contribution in [0.4, 0.5) is 11.4 Å². The maximum atomic E-state index is 12.7. The maximum Gasteiger partial charge on any atom is 0.292 e. The van der Waals surface area contributed by atoms with Gasteiger partial charge in [-0.1, -0.05) is 48.0 Å². The molecule has 0 saturated carbocycles. The molecule has 6 nitrogen and oxygen atoms in total. The van der Waals surface area contributed by atoms with Gasteiger partial charge < -0.3 is 10.2 Å². The second-order valence-corrected chi connectivity index (χ2v) is 7.39. The molecule has 0 unspecified atom stereocenters. The molecule has 1 aromatic heterocycles. The van der Waals surface area contributed by atoms with E-state index in [-0.39, 0.29) is 22.4 Å². The van der Waals surface area contributed by atoms with Crippen LogP contribution in [0.1, 0.15) is 12.8 Å². The van der Waals surface area contributed by atoms with Gasteiger partial charge >= 0.3 is 0 Å². The Labute approximate surface area is 173 Å². The number of piperidine rings is 1. The Morgan fingerprint density at radius 2 is 1.62 bits per heavy atom. The fourth-order valence-electron chi connectivity index (χ4n) is 3.55. The van der Waals surface area contributed by atoms with E-state index in [2.05, 4.69) is 10.4 Å². The van der Waals surface area contributed by atoms with Crippen LogP contribution in [0.5, 0.6) is 0 Å². The predicted molar refractivity (Wildman–Crippen MR) is 115 cm³/mol. The number of halogens is 1. The van der Waals surface area contributed by atoms with Crippen LogP contribution in [0.3, 0.4) is 0 Å². The highest BCUT2D eigenvalue weighted by Crippen LogP contribution is 2.27. The van der Waals surface area contributed by atoms with Crippen LogP contribution in [-0.4, -0.2) is 28.8 Å². The van der Waals surface area contributed by atoms with E-state index in [1.165, 1.54) is 4.68 Å². The number of aromatic nitrogens is 2. The molecular formula is C22H21ClN4O2. The number of amides is 1. The van der Waals surface area contributed by atoms with E-state index in [1.807, 2.05) is 53.4 Å². The highest BCUT2D eigenvalue weighted by Gasteiger charge is 2.27. The third-order valence-corrected chi connectivity index (χ3v) is 5.50. The molecule has 1 saturated heterocycles. The molecule has 1 amide bonds. The van der Waals surface area contributed by atoms with Crippen molar-refractivity contribution in [1.29, 1.82) is 0 Å². The van der Waals surface area contributed by atoms with Crippen LogP contribution >= 0.6 is 11.6 Å². The number of hydrogen-bond acceptors (Lipinski definition) is 4. The zero-order chi connectivity index (χ0) is 20.2. The van der Waals surface area contributed by atoms with Gasteiger partial charge in [0.2, 0.25) is 5.91 Å². The van der Waals surface area contributed by atoms with Gasteiger partial charge in [0, 0.05) is 24.7 Å². The van der Waals surface area contributed by atoms with Crippen molar-refractivity contribution in [1.82, 2.24) is 9.78 Å². The predicted octanol–water partition coefficient (Wildman–Crippen LogP) is 3.74. The Balaban J connectivity index is 1.44. The highest BCUT2D eigenvalue weighted by atomic mass is 35.5. The third-order valence-electron chi connectivity index (χ3n) is 5.15. The normalized spacial score (nSPS) is 14.6. The largest absolute Gasteiger partial charge is 0.369 e. The Morgan fingerprint density at radius 3 is 2.28 bits per heavy atom. The van der Waals surface area contributed by atoms with Crippen LogP contribution in [0.25, 0.3) is 5.69 Å². The van der Waals surface area contributed by atoms with Crippen molar-refractivity contribution in [2.45, 2.75) is 12.8 Å². The first kappa shape index (κ1) is 19.2. The van der Waals surface area contributed by atoms with E-state index < -0.39 is 0 Å². The second kappa shape index (κ2) is 8.49. The number of carbonyl (C=O) groups is 1. The van der Waals surface area contributed by atoms with Crippen molar-refractivity contribution in [2.24, 2.45) is 5.92 Å². The van der Waals surface area contributed by atoms with Crippen molar-refractivity contribution in [3.05, 3.63) is 82.2 Å². The summed E-state index contributed by atoms with van der Waals surface area (Å²) in [5.74, 6) is -0.0394. The number of rotatable bonds is 4. The number of hydrogen-bond donors (Lipinski definition) is 1. The molecule has 29 heavy (non-hydrogen) atoms. The lowest BCUT2D eigenvalue weighted by Gasteiger charge is -2.33. The zero-order valence-corrected chi connectivity index (χ0v) is 16.5. The number of nitrogens with zero attached hydrogens (tertiary/aromatic N) is 3. The lowest BCUT2D eigenvalue weighted by atomic mass is 9.95. The Kier molecular flexibility index (Phi) is 5.62. The third kappa shape index (κ3) is 4.17. The minimum Gasteiger partial charge on any atom is -0.369 e. The summed E-state index contributed by atoms with van der Waals surface area (Å²) in [5, 5.41) is 7.41. The molecule has 7 heteroatoms. The molecule has 0 atom stereocenters. The van der Waals surface area contributed by atoms with Gasteiger partial charge in [0.25, 0.3) is 5.56 Å². The van der Waals surface area contributed by atoms with Gasteiger partial charge in [-0.2, -0.15) is 9.78 Å². The molecule has 0 spiro atoms. The molecule has 2 heterocycles. The summed E-state index contributed by atoms with van der Waals surface area (Å²) in [6.07, 6.45) is 3.01. The maximum absolute atomic E-state index is 12.7. The number of carbonyl (C=O) groups excluding carboxylic acids is 1. The summed E-state index contributed by atoms with van der Waals surface area (Å²) in [6.45, 7) is 1.28. The highest BCUT2D eigenvalue weighted by molar-refractivity contribution is 6.33. The average Bonchev–Trinajstić information content (AvgIpc) is 2.77. The summed E-state index contributed by atoms with van der Waals surface area (Å²) in [7, 11) is 0. The molecule has 1 aliphatic heterocycles. The van der Waals surface area contributed by atoms with Crippen molar-refractivity contribution < 1.29 is 4.79 Å². The van der Waals surface area contributed by atoms with Gasteiger partial charge in [-0.05, 0) is 37.1 Å². The van der Waals surface area contributed by atoms with Crippen LogP contribution in [0.2, 0.25) is 5.02 Å². The monoisotopic (exact) mass is 408 g/mol. The lowest BCUT2D eigenvalue weighted by Crippen LogP contribution is -2.39. The molecule has 3 aromatic rings. The zero-order valence-electron chi connectivity index (χ0n) is 15.8. The van der Waals surface area contributed by atoms with Gasteiger partial charge in [-0.3, -0.25) is 9.59 Å². The van der Waals surface area contributed by atoms with Crippen LogP contribution in [-0.2, 0) is 4.79 Å². The summed E-state index contributed by atoms with van der Waals surface area (Å²) in [4.78, 5) is 27.2. The van der Waals surface area contributed by atoms with E-state index >= 15 is 0 Å². The molecule has 1 N–H and O–H groups in total. The smallest absolute Gasteiger partial charge is 0.292 e. The molecule has 2 aromatic carbocycles. The van der Waals surface area contributed by atoms with Crippen molar-refractivity contribution in [3.63, 3.8) is 0 Å². The van der Waals surface area contributed by atoms with Crippen LogP contribution < -0.4 is 15.8 Å². The number of benzene rings is 2. The van der Waals surface area contributed by atoms with Crippen LogP contribution in [0, 0.1) is 5.92 Å². The van der Waals surface area contributed by atoms with E-state index in [0.717, 1.165) is 5.69 Å². The Bertz CT molecular complexity index is 1050. The fourth-order valence-corrected chi connectivity index (χ4v) is 3.79. The van der Waals surface area contributed by atoms with Gasteiger partial charge in [0.05, 0.1) is 17.6 Å². The molecule has 0 bridgehead atoms. The molecule has 0 radical (unpaired) electrons. The van der Waals surface area contributed by atoms with Gasteiger partial charge in [0.15, 0.2) is 0 Å². The Hall–Kier alpha value is -3.12. The van der Waals surface area contributed by atoms with Crippen molar-refractivity contribution >= 4 is 28.9 Å². The number of nitrogens with one attached hydrogen (secondary N) is 1. The molecule has 148 valence electrons. The minimum atomic E-state index is -0.348. The fraction of sp³-hybridized carbons (Fsp3) is 0.227. The second-order valence-electron chi connectivity index (χ2n) is 7.01. The van der Waals surface area contributed by atoms with Crippen LogP contribution in [0.15, 0.2) is 71.7 Å². The summed E-state index contributed by atoms with van der Waals surface area (Å²) in [5.41, 5.74) is 1.74. The SMILES string of the molecule is O=C(Nc1ccccc1)C1CCN(c2cnn(-c3ccccc3)c(=O)c2Cl)CC1. The first-order valence-electron chi connectivity index (χ1n) is 9.57. The van der Waals surface area contributed by atoms with Gasteiger partial charge in [-0.25, -0.2) is 0 Å². The summed E-state index contributed by atoms with van der Waals surface area (Å²) < 4.78 is 1.30. The summed E-state index contributed by atoms with van der Waals surface area (Å²) >= 11 is 6.39.